The number of carbonyl (C=O) groups is 2. The Bertz CT molecular complexity index is 472. The summed E-state index contributed by atoms with van der Waals surface area (Å²) in [5.74, 6) is 0.789. The first kappa shape index (κ1) is 18.5. The lowest BCUT2D eigenvalue weighted by molar-refractivity contribution is -0.142. The van der Waals surface area contributed by atoms with Crippen molar-refractivity contribution in [1.29, 1.82) is 0 Å². The maximum absolute atomic E-state index is 11.7. The highest BCUT2D eigenvalue weighted by Gasteiger charge is 2.20. The van der Waals surface area contributed by atoms with Crippen LogP contribution in [0.3, 0.4) is 0 Å². The van der Waals surface area contributed by atoms with Crippen LogP contribution >= 0.6 is 0 Å². The lowest BCUT2D eigenvalue weighted by atomic mass is 9.85. The van der Waals surface area contributed by atoms with Gasteiger partial charge in [-0.25, -0.2) is 9.59 Å². The number of esters is 2. The van der Waals surface area contributed by atoms with Crippen molar-refractivity contribution in [1.82, 2.24) is 0 Å². The number of carbonyl (C=O) groups excluding carboxylic acids is 2. The Labute approximate surface area is 144 Å². The highest BCUT2D eigenvalue weighted by molar-refractivity contribution is 5.91. The van der Waals surface area contributed by atoms with Gasteiger partial charge in [-0.05, 0) is 49.4 Å². The van der Waals surface area contributed by atoms with Gasteiger partial charge < -0.3 is 9.47 Å². The minimum absolute atomic E-state index is 0.361. The van der Waals surface area contributed by atoms with E-state index < -0.39 is 11.9 Å². The van der Waals surface area contributed by atoms with Crippen LogP contribution in [0.4, 0.5) is 0 Å². The lowest BCUT2D eigenvalue weighted by Gasteiger charge is -2.24. The second kappa shape index (κ2) is 9.45. The maximum Gasteiger partial charge on any atom is 0.331 e. The van der Waals surface area contributed by atoms with Crippen molar-refractivity contribution in [3.63, 3.8) is 0 Å². The van der Waals surface area contributed by atoms with Crippen molar-refractivity contribution in [2.45, 2.75) is 39.5 Å². The molecule has 0 saturated carbocycles. The molecule has 132 valence electrons. The van der Waals surface area contributed by atoms with Crippen LogP contribution in [0.25, 0.3) is 0 Å². The third-order valence-corrected chi connectivity index (χ3v) is 5.07. The topological polar surface area (TPSA) is 52.6 Å². The zero-order valence-corrected chi connectivity index (χ0v) is 14.6. The minimum Gasteiger partial charge on any atom is -0.462 e. The monoisotopic (exact) mass is 332 g/mol. The van der Waals surface area contributed by atoms with Crippen molar-refractivity contribution in [2.75, 3.05) is 13.2 Å². The maximum atomic E-state index is 11.7. The molecule has 24 heavy (non-hydrogen) atoms. The van der Waals surface area contributed by atoms with E-state index in [2.05, 4.69) is 38.2 Å². The van der Waals surface area contributed by atoms with Gasteiger partial charge >= 0.3 is 11.9 Å². The van der Waals surface area contributed by atoms with E-state index in [1.54, 1.807) is 0 Å². The van der Waals surface area contributed by atoms with Gasteiger partial charge in [-0.2, -0.15) is 0 Å². The van der Waals surface area contributed by atoms with Gasteiger partial charge in [0.15, 0.2) is 0 Å². The molecular formula is C20H28O4. The Morgan fingerprint density at radius 1 is 0.792 bits per heavy atom. The van der Waals surface area contributed by atoms with Crippen LogP contribution in [0, 0.1) is 23.7 Å². The number of hydrogen-bond donors (Lipinski definition) is 0. The zero-order chi connectivity index (χ0) is 17.4. The number of rotatable bonds is 6. The molecule has 2 aliphatic rings. The first-order chi connectivity index (χ1) is 11.6. The second-order valence-corrected chi connectivity index (χ2v) is 6.95. The summed E-state index contributed by atoms with van der Waals surface area (Å²) in [7, 11) is 0. The summed E-state index contributed by atoms with van der Waals surface area (Å²) < 4.78 is 10.5. The molecule has 4 unspecified atom stereocenters. The van der Waals surface area contributed by atoms with Crippen molar-refractivity contribution in [3.05, 3.63) is 36.5 Å². The van der Waals surface area contributed by atoms with E-state index in [4.69, 9.17) is 9.47 Å². The predicted octanol–water partition coefficient (Wildman–Crippen LogP) is 3.83. The van der Waals surface area contributed by atoms with Gasteiger partial charge in [0.2, 0.25) is 0 Å². The Morgan fingerprint density at radius 2 is 1.17 bits per heavy atom. The van der Waals surface area contributed by atoms with Crippen molar-refractivity contribution < 1.29 is 19.1 Å². The van der Waals surface area contributed by atoms with Gasteiger partial charge in [-0.15, -0.1) is 0 Å². The molecule has 0 aromatic heterocycles. The van der Waals surface area contributed by atoms with Crippen molar-refractivity contribution >= 4 is 11.9 Å². The largest absolute Gasteiger partial charge is 0.462 e. The van der Waals surface area contributed by atoms with Crippen LogP contribution in [-0.2, 0) is 19.1 Å². The first-order valence-electron chi connectivity index (χ1n) is 8.88. The summed E-state index contributed by atoms with van der Waals surface area (Å²) >= 11 is 0. The highest BCUT2D eigenvalue weighted by atomic mass is 16.5. The van der Waals surface area contributed by atoms with Crippen molar-refractivity contribution in [2.24, 2.45) is 23.7 Å². The molecular weight excluding hydrogens is 304 g/mol. The van der Waals surface area contributed by atoms with E-state index in [1.165, 1.54) is 0 Å². The van der Waals surface area contributed by atoms with Crippen LogP contribution in [0.2, 0.25) is 0 Å². The summed E-state index contributed by atoms with van der Waals surface area (Å²) in [4.78, 5) is 23.4. The average molecular weight is 332 g/mol. The Kier molecular flexibility index (Phi) is 7.29. The number of ether oxygens (including phenoxy) is 2. The molecule has 0 aliphatic heterocycles. The molecule has 2 rings (SSSR count). The molecule has 0 aromatic carbocycles. The second-order valence-electron chi connectivity index (χ2n) is 6.95. The normalized spacial score (nSPS) is 29.6. The van der Waals surface area contributed by atoms with Gasteiger partial charge in [0.1, 0.15) is 0 Å². The van der Waals surface area contributed by atoms with Gasteiger partial charge in [0.05, 0.1) is 13.2 Å². The van der Waals surface area contributed by atoms with Crippen LogP contribution in [0.1, 0.15) is 39.5 Å². The van der Waals surface area contributed by atoms with E-state index in [0.717, 1.165) is 37.8 Å². The Morgan fingerprint density at radius 3 is 1.54 bits per heavy atom. The smallest absolute Gasteiger partial charge is 0.331 e. The number of allylic oxidation sites excluding steroid dienone is 4. The van der Waals surface area contributed by atoms with Gasteiger partial charge in [-0.1, -0.05) is 38.2 Å². The van der Waals surface area contributed by atoms with Crippen LogP contribution in [-0.4, -0.2) is 25.2 Å². The van der Waals surface area contributed by atoms with Gasteiger partial charge in [0.25, 0.3) is 0 Å². The zero-order valence-electron chi connectivity index (χ0n) is 14.6. The van der Waals surface area contributed by atoms with Gasteiger partial charge in [-0.3, -0.25) is 0 Å². The fraction of sp³-hybridized carbons (Fsp3) is 0.600. The van der Waals surface area contributed by atoms with E-state index >= 15 is 0 Å². The molecule has 0 N–H and O–H groups in total. The molecule has 0 bridgehead atoms. The molecule has 2 aliphatic carbocycles. The fourth-order valence-corrected chi connectivity index (χ4v) is 3.09. The predicted molar refractivity (Wildman–Crippen MR) is 93.1 cm³/mol. The lowest BCUT2D eigenvalue weighted by Crippen LogP contribution is -2.21. The minimum atomic E-state index is -0.484. The van der Waals surface area contributed by atoms with Crippen LogP contribution in [0.5, 0.6) is 0 Å². The Balaban J connectivity index is 1.66. The molecule has 4 nitrogen and oxygen atoms in total. The molecule has 4 heteroatoms. The SMILES string of the molecule is CC1CC=CCC1COC(=O)/C=C/C(=O)OCC1CC=CCC1C. The van der Waals surface area contributed by atoms with Gasteiger partial charge in [0, 0.05) is 12.2 Å². The molecule has 0 saturated heterocycles. The summed E-state index contributed by atoms with van der Waals surface area (Å²) in [6.45, 7) is 5.12. The van der Waals surface area contributed by atoms with E-state index in [0.29, 0.717) is 36.9 Å². The first-order valence-corrected chi connectivity index (χ1v) is 8.88. The molecule has 0 fully saturated rings. The third-order valence-electron chi connectivity index (χ3n) is 5.07. The molecule has 4 atom stereocenters. The Hall–Kier alpha value is -1.84. The summed E-state index contributed by atoms with van der Waals surface area (Å²) in [6, 6.07) is 0. The van der Waals surface area contributed by atoms with E-state index in [1.807, 2.05) is 0 Å². The summed E-state index contributed by atoms with van der Waals surface area (Å²) in [5, 5.41) is 0. The summed E-state index contributed by atoms with van der Waals surface area (Å²) in [6.07, 6.45) is 14.9. The average Bonchev–Trinajstić information content (AvgIpc) is 2.58. The van der Waals surface area contributed by atoms with E-state index in [9.17, 15) is 9.59 Å². The summed E-state index contributed by atoms with van der Waals surface area (Å²) in [5.41, 5.74) is 0. The van der Waals surface area contributed by atoms with E-state index in [-0.39, 0.29) is 0 Å². The fourth-order valence-electron chi connectivity index (χ4n) is 3.09. The van der Waals surface area contributed by atoms with Crippen LogP contribution < -0.4 is 0 Å². The quantitative estimate of drug-likeness (QED) is 0.421. The van der Waals surface area contributed by atoms with Crippen LogP contribution in [0.15, 0.2) is 36.5 Å². The molecule has 0 aromatic rings. The number of hydrogen-bond acceptors (Lipinski definition) is 4. The molecule has 0 amide bonds. The standard InChI is InChI=1S/C20H28O4/c1-15-7-3-5-9-17(15)13-23-19(21)11-12-20(22)24-14-18-10-6-4-8-16(18)2/h3-6,11-12,15-18H,7-10,13-14H2,1-2H3/b12-11+. The molecule has 0 spiro atoms. The molecule has 0 radical (unpaired) electrons. The third kappa shape index (κ3) is 5.99. The highest BCUT2D eigenvalue weighted by Crippen LogP contribution is 2.25. The molecule has 0 heterocycles. The van der Waals surface area contributed by atoms with Crippen molar-refractivity contribution in [3.8, 4) is 0 Å².